The quantitative estimate of drug-likeness (QED) is 0.124. The van der Waals surface area contributed by atoms with Crippen LogP contribution < -0.4 is 4.40 Å². The molecular formula is C41H37FGeIrN2O-2. The number of nitrogens with zero attached hydrogens (tertiary/aromatic N) is 2. The topological polar surface area (TPSA) is 38.9 Å². The third kappa shape index (κ3) is 7.98. The third-order valence-electron chi connectivity index (χ3n) is 7.90. The van der Waals surface area contributed by atoms with Crippen molar-refractivity contribution in [2.75, 3.05) is 0 Å². The average Bonchev–Trinajstić information content (AvgIpc) is 3.43. The molecule has 0 atom stereocenters. The molecular weight excluding hydrogens is 820 g/mol. The van der Waals surface area contributed by atoms with Crippen molar-refractivity contribution in [1.29, 1.82) is 0 Å². The number of hydrogen-bond acceptors (Lipinski definition) is 3. The maximum Gasteiger partial charge on any atom is 0 e. The summed E-state index contributed by atoms with van der Waals surface area (Å²) in [6, 6.07) is 40.0. The molecule has 239 valence electrons. The number of furan rings is 1. The summed E-state index contributed by atoms with van der Waals surface area (Å²) in [5.41, 5.74) is 8.78. The number of hydrogen-bond donors (Lipinski definition) is 0. The van der Waals surface area contributed by atoms with E-state index in [1.807, 2.05) is 42.6 Å². The maximum absolute atomic E-state index is 13.5. The molecule has 0 amide bonds. The number of rotatable bonds is 6. The molecule has 0 bridgehead atoms. The van der Waals surface area contributed by atoms with Gasteiger partial charge in [-0.1, -0.05) is 36.4 Å². The van der Waals surface area contributed by atoms with Crippen molar-refractivity contribution in [3.8, 4) is 33.6 Å². The van der Waals surface area contributed by atoms with Gasteiger partial charge in [0.05, 0.1) is 5.58 Å². The molecule has 4 aromatic carbocycles. The SMILES string of the molecule is CC(C)Cc1ccnc(-c2[c-]ccc3c2oc2cc(F)ccc23)c1.[CH3][Ge]([CH3])([CH3])[c]1cnc(-c2[c-]cccc2)cc1-c1ccccc1.[Ir]. The van der Waals surface area contributed by atoms with Gasteiger partial charge in [-0.2, -0.15) is 0 Å². The summed E-state index contributed by atoms with van der Waals surface area (Å²) in [5.74, 6) is 7.52. The second-order valence-electron chi connectivity index (χ2n) is 13.0. The first-order chi connectivity index (χ1) is 22.2. The van der Waals surface area contributed by atoms with Gasteiger partial charge < -0.3 is 9.40 Å². The van der Waals surface area contributed by atoms with Crippen LogP contribution in [0.3, 0.4) is 0 Å². The van der Waals surface area contributed by atoms with Gasteiger partial charge in [0, 0.05) is 37.8 Å². The normalized spacial score (nSPS) is 11.3. The van der Waals surface area contributed by atoms with E-state index < -0.39 is 13.3 Å². The Balaban J connectivity index is 0.000000181. The first-order valence-corrected chi connectivity index (χ1v) is 23.0. The van der Waals surface area contributed by atoms with E-state index in [2.05, 4.69) is 103 Å². The Morgan fingerprint density at radius 3 is 2.30 bits per heavy atom. The maximum atomic E-state index is 13.5. The van der Waals surface area contributed by atoms with Gasteiger partial charge in [0.15, 0.2) is 0 Å². The van der Waals surface area contributed by atoms with Crippen LogP contribution in [0.25, 0.3) is 55.6 Å². The summed E-state index contributed by atoms with van der Waals surface area (Å²) in [7, 11) is 0. The van der Waals surface area contributed by atoms with Gasteiger partial charge >= 0.3 is 135 Å². The van der Waals surface area contributed by atoms with Crippen molar-refractivity contribution in [2.45, 2.75) is 37.5 Å². The van der Waals surface area contributed by atoms with Crippen molar-refractivity contribution in [3.05, 3.63) is 139 Å². The van der Waals surface area contributed by atoms with E-state index in [9.17, 15) is 4.39 Å². The Labute approximate surface area is 293 Å². The molecule has 47 heavy (non-hydrogen) atoms. The third-order valence-corrected chi connectivity index (χ3v) is 12.1. The molecule has 3 nitrogen and oxygen atoms in total. The van der Waals surface area contributed by atoms with Crippen LogP contribution in [0, 0.1) is 23.9 Å². The van der Waals surface area contributed by atoms with Gasteiger partial charge in [0.2, 0.25) is 0 Å². The van der Waals surface area contributed by atoms with Crippen molar-refractivity contribution in [3.63, 3.8) is 0 Å². The van der Waals surface area contributed by atoms with E-state index >= 15 is 0 Å². The second kappa shape index (κ2) is 14.9. The zero-order valence-corrected chi connectivity index (χ0v) is 31.8. The van der Waals surface area contributed by atoms with Gasteiger partial charge in [0.1, 0.15) is 11.4 Å². The molecule has 0 fully saturated rings. The average molecular weight is 858 g/mol. The summed E-state index contributed by atoms with van der Waals surface area (Å²) in [6.45, 7) is 4.39. The minimum absolute atomic E-state index is 0. The molecule has 0 aliphatic heterocycles. The fourth-order valence-electron chi connectivity index (χ4n) is 5.72. The van der Waals surface area contributed by atoms with E-state index in [4.69, 9.17) is 9.40 Å². The van der Waals surface area contributed by atoms with Gasteiger partial charge in [-0.3, -0.25) is 0 Å². The predicted octanol–water partition coefficient (Wildman–Crippen LogP) is 10.5. The van der Waals surface area contributed by atoms with E-state index in [1.54, 1.807) is 6.07 Å². The molecule has 7 aromatic rings. The van der Waals surface area contributed by atoms with Crippen LogP contribution in [0.5, 0.6) is 0 Å². The van der Waals surface area contributed by atoms with Crippen LogP contribution in [0.1, 0.15) is 19.4 Å². The van der Waals surface area contributed by atoms with Crippen molar-refractivity contribution in [1.82, 2.24) is 9.97 Å². The Bertz CT molecular complexity index is 2100. The summed E-state index contributed by atoms with van der Waals surface area (Å²) in [4.78, 5) is 9.21. The van der Waals surface area contributed by atoms with Crippen LogP contribution in [0.4, 0.5) is 4.39 Å². The van der Waals surface area contributed by atoms with Crippen LogP contribution in [0.2, 0.25) is 17.3 Å². The summed E-state index contributed by atoms with van der Waals surface area (Å²) < 4.78 is 20.9. The number of benzene rings is 4. The van der Waals surface area contributed by atoms with E-state index in [0.29, 0.717) is 17.1 Å². The Morgan fingerprint density at radius 1 is 0.787 bits per heavy atom. The standard InChI is InChI=1S/C21H17FNO.C20H20GeN.Ir/c1-13(2)10-14-8-9-23-19(11-14)18-5-3-4-17-16-7-6-15(22)12-20(16)24-21(17)18;1-21(2,3)19-15-22-20(17-12-8-5-9-13-17)14-18(19)16-10-6-4-7-11-16;/h3-4,6-9,11-13H,10H2,1-2H3;4-12,14-15H,1-3H3;/q2*-1;. The van der Waals surface area contributed by atoms with Gasteiger partial charge in [-0.25, -0.2) is 4.39 Å². The molecule has 3 aromatic heterocycles. The monoisotopic (exact) mass is 859 g/mol. The molecule has 0 N–H and O–H groups in total. The molecule has 0 unspecified atom stereocenters. The zero-order valence-electron chi connectivity index (χ0n) is 27.3. The largest absolute Gasteiger partial charge is 0 e. The minimum atomic E-state index is -1.99. The molecule has 0 aliphatic rings. The summed E-state index contributed by atoms with van der Waals surface area (Å²) >= 11 is -1.99. The van der Waals surface area contributed by atoms with Crippen molar-refractivity contribution < 1.29 is 28.9 Å². The van der Waals surface area contributed by atoms with E-state index in [1.165, 1.54) is 33.2 Å². The fourth-order valence-corrected chi connectivity index (χ4v) is 8.82. The number of fused-ring (bicyclic) bond motifs is 3. The van der Waals surface area contributed by atoms with Crippen molar-refractivity contribution in [2.24, 2.45) is 5.92 Å². The van der Waals surface area contributed by atoms with Gasteiger partial charge in [-0.15, -0.1) is 18.2 Å². The Hall–Kier alpha value is -3.90. The minimum Gasteiger partial charge on any atom is 0 e. The fraction of sp³-hybridized carbons (Fsp3) is 0.171. The van der Waals surface area contributed by atoms with Gasteiger partial charge in [0.25, 0.3) is 0 Å². The molecule has 0 saturated heterocycles. The Kier molecular flexibility index (Phi) is 10.9. The second-order valence-corrected chi connectivity index (χ2v) is 23.6. The predicted molar refractivity (Wildman–Crippen MR) is 191 cm³/mol. The van der Waals surface area contributed by atoms with E-state index in [-0.39, 0.29) is 25.9 Å². The number of aromatic nitrogens is 2. The first-order valence-electron chi connectivity index (χ1n) is 15.7. The number of halogens is 1. The molecule has 0 saturated carbocycles. The van der Waals surface area contributed by atoms with Crippen LogP contribution in [-0.2, 0) is 26.5 Å². The Morgan fingerprint density at radius 2 is 1.57 bits per heavy atom. The molecule has 6 heteroatoms. The van der Waals surface area contributed by atoms with E-state index in [0.717, 1.165) is 39.7 Å². The van der Waals surface area contributed by atoms with Crippen LogP contribution in [-0.4, -0.2) is 23.2 Å². The number of pyridine rings is 2. The summed E-state index contributed by atoms with van der Waals surface area (Å²) in [6.07, 6.45) is 4.91. The summed E-state index contributed by atoms with van der Waals surface area (Å²) in [5, 5.41) is 1.86. The van der Waals surface area contributed by atoms with Crippen molar-refractivity contribution >= 4 is 39.6 Å². The molecule has 3 heterocycles. The molecule has 7 rings (SSSR count). The van der Waals surface area contributed by atoms with Gasteiger partial charge in [-0.05, 0) is 36.2 Å². The molecule has 0 spiro atoms. The smallest absolute Gasteiger partial charge is 0 e. The molecule has 1 radical (unpaired) electrons. The van der Waals surface area contributed by atoms with Crippen LogP contribution in [0.15, 0.2) is 120 Å². The zero-order chi connectivity index (χ0) is 32.3. The first kappa shape index (κ1) is 34.4. The van der Waals surface area contributed by atoms with Crippen LogP contribution >= 0.6 is 0 Å². The molecule has 0 aliphatic carbocycles.